The number of amidine groups is 1. The van der Waals surface area contributed by atoms with Gasteiger partial charge in [0.25, 0.3) is 6.02 Å². The van der Waals surface area contributed by atoms with Gasteiger partial charge in [0.1, 0.15) is 0 Å². The molecular formula is C10H14N2O. The SMILES string of the molecule is CCOC(N)=NCc1ccccc1. The molecule has 0 atom stereocenters. The van der Waals surface area contributed by atoms with E-state index in [0.717, 1.165) is 5.56 Å². The van der Waals surface area contributed by atoms with Crippen molar-refractivity contribution in [2.75, 3.05) is 6.61 Å². The number of nitrogens with zero attached hydrogens (tertiary/aromatic N) is 1. The second-order valence-corrected chi connectivity index (χ2v) is 2.57. The number of nitrogens with two attached hydrogens (primary N) is 1. The van der Waals surface area contributed by atoms with Gasteiger partial charge in [-0.15, -0.1) is 0 Å². The fourth-order valence-corrected chi connectivity index (χ4v) is 0.946. The van der Waals surface area contributed by atoms with Crippen LogP contribution in [0, 0.1) is 0 Å². The first-order valence-corrected chi connectivity index (χ1v) is 4.29. The van der Waals surface area contributed by atoms with Gasteiger partial charge in [0.15, 0.2) is 0 Å². The zero-order valence-corrected chi connectivity index (χ0v) is 7.73. The van der Waals surface area contributed by atoms with Gasteiger partial charge in [-0.3, -0.25) is 0 Å². The van der Waals surface area contributed by atoms with Crippen molar-refractivity contribution >= 4 is 6.02 Å². The predicted molar refractivity (Wildman–Crippen MR) is 53.4 cm³/mol. The van der Waals surface area contributed by atoms with Crippen molar-refractivity contribution in [1.82, 2.24) is 0 Å². The van der Waals surface area contributed by atoms with E-state index >= 15 is 0 Å². The molecule has 1 rings (SSSR count). The monoisotopic (exact) mass is 178 g/mol. The molecule has 0 saturated heterocycles. The third-order valence-electron chi connectivity index (χ3n) is 1.55. The normalized spacial score (nSPS) is 11.3. The van der Waals surface area contributed by atoms with E-state index in [1.54, 1.807) is 0 Å². The Balaban J connectivity index is 2.47. The molecule has 0 amide bonds. The highest BCUT2D eigenvalue weighted by Gasteiger charge is 1.91. The minimum Gasteiger partial charge on any atom is -0.466 e. The smallest absolute Gasteiger partial charge is 0.282 e. The van der Waals surface area contributed by atoms with E-state index in [1.807, 2.05) is 37.3 Å². The molecule has 0 radical (unpaired) electrons. The van der Waals surface area contributed by atoms with Gasteiger partial charge in [-0.1, -0.05) is 30.3 Å². The molecule has 0 aliphatic heterocycles. The van der Waals surface area contributed by atoms with E-state index in [0.29, 0.717) is 13.2 Å². The zero-order chi connectivity index (χ0) is 9.52. The maximum absolute atomic E-state index is 5.46. The number of aliphatic imine (C=N–C) groups is 1. The van der Waals surface area contributed by atoms with Crippen molar-refractivity contribution in [2.45, 2.75) is 13.5 Å². The first-order valence-electron chi connectivity index (χ1n) is 4.29. The van der Waals surface area contributed by atoms with Crippen LogP contribution < -0.4 is 5.73 Å². The van der Waals surface area contributed by atoms with E-state index in [-0.39, 0.29) is 6.02 Å². The van der Waals surface area contributed by atoms with Crippen LogP contribution >= 0.6 is 0 Å². The third kappa shape index (κ3) is 3.60. The Morgan fingerprint density at radius 1 is 1.38 bits per heavy atom. The zero-order valence-electron chi connectivity index (χ0n) is 7.73. The van der Waals surface area contributed by atoms with Gasteiger partial charge in [0.2, 0.25) is 0 Å². The van der Waals surface area contributed by atoms with Gasteiger partial charge in [-0.05, 0) is 12.5 Å². The van der Waals surface area contributed by atoms with Crippen LogP contribution in [-0.4, -0.2) is 12.6 Å². The Kier molecular flexibility index (Phi) is 3.82. The van der Waals surface area contributed by atoms with Crippen molar-refractivity contribution < 1.29 is 4.74 Å². The summed E-state index contributed by atoms with van der Waals surface area (Å²) in [4.78, 5) is 4.06. The summed E-state index contributed by atoms with van der Waals surface area (Å²) in [5.74, 6) is 0. The van der Waals surface area contributed by atoms with Crippen LogP contribution in [0.15, 0.2) is 35.3 Å². The lowest BCUT2D eigenvalue weighted by Crippen LogP contribution is -2.16. The molecule has 3 nitrogen and oxygen atoms in total. The average molecular weight is 178 g/mol. The van der Waals surface area contributed by atoms with E-state index in [1.165, 1.54) is 0 Å². The van der Waals surface area contributed by atoms with Gasteiger partial charge in [-0.25, -0.2) is 4.99 Å². The number of hydrogen-bond acceptors (Lipinski definition) is 2. The molecule has 0 aromatic heterocycles. The molecular weight excluding hydrogens is 164 g/mol. The molecule has 2 N–H and O–H groups in total. The summed E-state index contributed by atoms with van der Waals surface area (Å²) < 4.78 is 4.99. The molecule has 0 spiro atoms. The molecule has 0 unspecified atom stereocenters. The molecule has 70 valence electrons. The first-order chi connectivity index (χ1) is 6.33. The fraction of sp³-hybridized carbons (Fsp3) is 0.300. The van der Waals surface area contributed by atoms with Gasteiger partial charge in [0.05, 0.1) is 13.2 Å². The molecule has 0 bridgehead atoms. The van der Waals surface area contributed by atoms with Crippen LogP contribution in [0.25, 0.3) is 0 Å². The summed E-state index contributed by atoms with van der Waals surface area (Å²) in [6.07, 6.45) is 0. The van der Waals surface area contributed by atoms with Crippen molar-refractivity contribution in [1.29, 1.82) is 0 Å². The quantitative estimate of drug-likeness (QED) is 0.563. The maximum atomic E-state index is 5.46. The lowest BCUT2D eigenvalue weighted by atomic mass is 10.2. The van der Waals surface area contributed by atoms with Crippen LogP contribution in [0.4, 0.5) is 0 Å². The van der Waals surface area contributed by atoms with Crippen LogP contribution in [0.3, 0.4) is 0 Å². The Hall–Kier alpha value is -1.51. The Morgan fingerprint density at radius 2 is 2.08 bits per heavy atom. The molecule has 1 aromatic rings. The average Bonchev–Trinajstić information content (AvgIpc) is 2.17. The summed E-state index contributed by atoms with van der Waals surface area (Å²) >= 11 is 0. The molecule has 0 aliphatic rings. The molecule has 13 heavy (non-hydrogen) atoms. The lowest BCUT2D eigenvalue weighted by Gasteiger charge is -2.00. The number of benzene rings is 1. The van der Waals surface area contributed by atoms with Crippen LogP contribution in [0.1, 0.15) is 12.5 Å². The van der Waals surface area contributed by atoms with Crippen molar-refractivity contribution in [3.63, 3.8) is 0 Å². The second-order valence-electron chi connectivity index (χ2n) is 2.57. The molecule has 0 saturated carbocycles. The molecule has 0 aliphatic carbocycles. The fourth-order valence-electron chi connectivity index (χ4n) is 0.946. The summed E-state index contributed by atoms with van der Waals surface area (Å²) in [6, 6.07) is 10.2. The topological polar surface area (TPSA) is 47.6 Å². The van der Waals surface area contributed by atoms with E-state index in [9.17, 15) is 0 Å². The number of ether oxygens (including phenoxy) is 1. The highest BCUT2D eigenvalue weighted by Crippen LogP contribution is 1.99. The Labute approximate surface area is 78.2 Å². The summed E-state index contributed by atoms with van der Waals surface area (Å²) in [6.45, 7) is 3.02. The Morgan fingerprint density at radius 3 is 2.69 bits per heavy atom. The second kappa shape index (κ2) is 5.19. The van der Waals surface area contributed by atoms with Gasteiger partial charge in [-0.2, -0.15) is 0 Å². The number of hydrogen-bond donors (Lipinski definition) is 1. The molecule has 1 aromatic carbocycles. The summed E-state index contributed by atoms with van der Waals surface area (Å²) in [5.41, 5.74) is 6.59. The molecule has 0 heterocycles. The highest BCUT2D eigenvalue weighted by molar-refractivity contribution is 5.71. The minimum atomic E-state index is 0.256. The van der Waals surface area contributed by atoms with E-state index in [4.69, 9.17) is 10.5 Å². The highest BCUT2D eigenvalue weighted by atomic mass is 16.5. The van der Waals surface area contributed by atoms with Gasteiger partial charge in [0, 0.05) is 0 Å². The minimum absolute atomic E-state index is 0.256. The summed E-state index contributed by atoms with van der Waals surface area (Å²) in [7, 11) is 0. The van der Waals surface area contributed by atoms with E-state index in [2.05, 4.69) is 4.99 Å². The van der Waals surface area contributed by atoms with Crippen LogP contribution in [-0.2, 0) is 11.3 Å². The van der Waals surface area contributed by atoms with Crippen molar-refractivity contribution in [3.8, 4) is 0 Å². The van der Waals surface area contributed by atoms with Crippen LogP contribution in [0.2, 0.25) is 0 Å². The number of rotatable bonds is 3. The standard InChI is InChI=1S/C10H14N2O/c1-2-13-10(11)12-8-9-6-4-3-5-7-9/h3-7H,2,8H2,1H3,(H2,11,12). The Bertz CT molecular complexity index is 270. The molecule has 0 fully saturated rings. The van der Waals surface area contributed by atoms with Gasteiger partial charge >= 0.3 is 0 Å². The van der Waals surface area contributed by atoms with Crippen LogP contribution in [0.5, 0.6) is 0 Å². The lowest BCUT2D eigenvalue weighted by molar-refractivity contribution is 0.320. The third-order valence-corrected chi connectivity index (χ3v) is 1.55. The predicted octanol–water partition coefficient (Wildman–Crippen LogP) is 1.54. The maximum Gasteiger partial charge on any atom is 0.282 e. The first kappa shape index (κ1) is 9.58. The van der Waals surface area contributed by atoms with Gasteiger partial charge < -0.3 is 10.5 Å². The van der Waals surface area contributed by atoms with E-state index < -0.39 is 0 Å². The van der Waals surface area contributed by atoms with Crippen molar-refractivity contribution in [3.05, 3.63) is 35.9 Å². The molecule has 3 heteroatoms. The largest absolute Gasteiger partial charge is 0.466 e. The van der Waals surface area contributed by atoms with Crippen molar-refractivity contribution in [2.24, 2.45) is 10.7 Å². The summed E-state index contributed by atoms with van der Waals surface area (Å²) in [5, 5.41) is 0.